The minimum atomic E-state index is -1.49. The summed E-state index contributed by atoms with van der Waals surface area (Å²) in [6, 6.07) is -0.823. The smallest absolute Gasteiger partial charge is 0.340 e. The molecule has 10 nitrogen and oxygen atoms in total. The number of amides is 2. The molecule has 11 heteroatoms. The fourth-order valence-corrected chi connectivity index (χ4v) is 1.98. The lowest BCUT2D eigenvalue weighted by Gasteiger charge is -2.39. The highest BCUT2D eigenvalue weighted by atomic mass is 35.5. The summed E-state index contributed by atoms with van der Waals surface area (Å²) in [4.78, 5) is 22.0. The summed E-state index contributed by atoms with van der Waals surface area (Å²) in [6.07, 6.45) is -6.51. The van der Waals surface area contributed by atoms with E-state index < -0.39 is 36.7 Å². The monoisotopic (exact) mass is 327 g/mol. The van der Waals surface area contributed by atoms with Gasteiger partial charge in [-0.05, 0) is 0 Å². The molecule has 1 fully saturated rings. The van der Waals surface area contributed by atoms with E-state index in [1.165, 1.54) is 7.11 Å². The number of carbonyl (C=O) groups excluding carboxylic acids is 1. The van der Waals surface area contributed by atoms with E-state index in [1.54, 1.807) is 0 Å². The molecule has 1 heterocycles. The first-order valence-electron chi connectivity index (χ1n) is 6.13. The standard InChI is InChI=1S/C10H18ClN3O7/c1-20-9-8(17)7(16)6(15)5(21-9)4-12-10(18)14(13-19)3-2-11/h5-9,15-17H,2-4H2,1H3,(H,12,18). The number of carbonyl (C=O) groups is 1. The summed E-state index contributed by atoms with van der Waals surface area (Å²) >= 11 is 5.40. The van der Waals surface area contributed by atoms with Gasteiger partial charge in [0.25, 0.3) is 0 Å². The molecule has 0 radical (unpaired) electrons. The number of nitrogens with one attached hydrogen (secondary N) is 1. The van der Waals surface area contributed by atoms with Crippen LogP contribution in [0, 0.1) is 4.91 Å². The average molecular weight is 328 g/mol. The van der Waals surface area contributed by atoms with Crippen LogP contribution in [0.4, 0.5) is 4.79 Å². The van der Waals surface area contributed by atoms with Gasteiger partial charge >= 0.3 is 6.03 Å². The van der Waals surface area contributed by atoms with E-state index in [-0.39, 0.29) is 19.0 Å². The van der Waals surface area contributed by atoms with Crippen molar-refractivity contribution in [3.63, 3.8) is 0 Å². The van der Waals surface area contributed by atoms with Gasteiger partial charge in [0.1, 0.15) is 24.4 Å². The van der Waals surface area contributed by atoms with E-state index in [4.69, 9.17) is 21.1 Å². The van der Waals surface area contributed by atoms with Gasteiger partial charge in [-0.1, -0.05) is 0 Å². The van der Waals surface area contributed by atoms with Crippen LogP contribution in [0.15, 0.2) is 5.29 Å². The highest BCUT2D eigenvalue weighted by Gasteiger charge is 2.43. The van der Waals surface area contributed by atoms with Crippen molar-refractivity contribution in [2.45, 2.75) is 30.7 Å². The first-order chi connectivity index (χ1) is 9.96. The molecule has 0 aromatic carbocycles. The van der Waals surface area contributed by atoms with Gasteiger partial charge in [0.05, 0.1) is 11.8 Å². The first-order valence-corrected chi connectivity index (χ1v) is 6.66. The van der Waals surface area contributed by atoms with E-state index in [9.17, 15) is 25.0 Å². The minimum absolute atomic E-state index is 0.0262. The van der Waals surface area contributed by atoms with Crippen molar-refractivity contribution in [1.82, 2.24) is 10.3 Å². The lowest BCUT2D eigenvalue weighted by molar-refractivity contribution is -0.288. The number of nitrogens with zero attached hydrogens (tertiary/aromatic N) is 2. The van der Waals surface area contributed by atoms with E-state index in [0.29, 0.717) is 5.01 Å². The SMILES string of the molecule is COC1OC(CNC(=O)N(CCCl)N=O)C(O)C(O)C1O. The van der Waals surface area contributed by atoms with Gasteiger partial charge in [0.15, 0.2) is 6.29 Å². The van der Waals surface area contributed by atoms with E-state index in [0.717, 1.165) is 0 Å². The fourth-order valence-electron chi connectivity index (χ4n) is 1.82. The van der Waals surface area contributed by atoms with E-state index >= 15 is 0 Å². The lowest BCUT2D eigenvalue weighted by atomic mass is 9.99. The third-order valence-corrected chi connectivity index (χ3v) is 3.15. The normalized spacial score (nSPS) is 32.5. The van der Waals surface area contributed by atoms with Crippen LogP contribution in [-0.4, -0.2) is 83.1 Å². The second-order valence-electron chi connectivity index (χ2n) is 4.33. The Morgan fingerprint density at radius 2 is 2.05 bits per heavy atom. The van der Waals surface area contributed by atoms with Crippen molar-refractivity contribution in [1.29, 1.82) is 0 Å². The topological polar surface area (TPSA) is 141 Å². The average Bonchev–Trinajstić information content (AvgIpc) is 2.49. The van der Waals surface area contributed by atoms with Crippen LogP contribution in [0.25, 0.3) is 0 Å². The van der Waals surface area contributed by atoms with Crippen LogP contribution in [0.3, 0.4) is 0 Å². The summed E-state index contributed by atoms with van der Waals surface area (Å²) in [5, 5.41) is 34.4. The maximum absolute atomic E-state index is 11.6. The van der Waals surface area contributed by atoms with Gasteiger partial charge in [-0.3, -0.25) is 0 Å². The molecule has 0 bridgehead atoms. The van der Waals surface area contributed by atoms with Crippen LogP contribution in [0.5, 0.6) is 0 Å². The second kappa shape index (κ2) is 8.41. The number of urea groups is 1. The molecule has 4 N–H and O–H groups in total. The molecule has 1 aliphatic rings. The molecule has 1 saturated heterocycles. The van der Waals surface area contributed by atoms with Crippen molar-refractivity contribution in [3.05, 3.63) is 4.91 Å². The Bertz CT molecular complexity index is 360. The Hall–Kier alpha value is -1.04. The first kappa shape index (κ1) is 18.0. The number of nitroso groups, excluding NO2 is 1. The van der Waals surface area contributed by atoms with Gasteiger partial charge in [0, 0.05) is 19.5 Å². The van der Waals surface area contributed by atoms with Crippen LogP contribution in [0.2, 0.25) is 0 Å². The molecule has 1 rings (SSSR count). The zero-order valence-electron chi connectivity index (χ0n) is 11.3. The number of aliphatic hydroxyl groups is 3. The minimum Gasteiger partial charge on any atom is -0.388 e. The van der Waals surface area contributed by atoms with Crippen LogP contribution in [-0.2, 0) is 9.47 Å². The molecule has 0 aromatic heterocycles. The predicted molar refractivity (Wildman–Crippen MR) is 70.3 cm³/mol. The van der Waals surface area contributed by atoms with Crippen molar-refractivity contribution in [2.75, 3.05) is 26.1 Å². The van der Waals surface area contributed by atoms with Crippen LogP contribution >= 0.6 is 11.6 Å². The zero-order chi connectivity index (χ0) is 16.0. The molecule has 0 saturated carbocycles. The lowest BCUT2D eigenvalue weighted by Crippen LogP contribution is -2.60. The number of halogens is 1. The molecule has 1 aliphatic heterocycles. The zero-order valence-corrected chi connectivity index (χ0v) is 12.0. The van der Waals surface area contributed by atoms with Crippen molar-refractivity contribution in [2.24, 2.45) is 5.29 Å². The molecular formula is C10H18ClN3O7. The number of hydrogen-bond acceptors (Lipinski definition) is 8. The van der Waals surface area contributed by atoms with Crippen molar-refractivity contribution < 1.29 is 29.6 Å². The summed E-state index contributed by atoms with van der Waals surface area (Å²) in [5.74, 6) is 0.0262. The number of methoxy groups -OCH3 is 1. The van der Waals surface area contributed by atoms with E-state index in [2.05, 4.69) is 10.6 Å². The molecule has 0 aromatic rings. The molecule has 0 spiro atoms. The van der Waals surface area contributed by atoms with Gasteiger partial charge in [-0.25, -0.2) is 4.79 Å². The second-order valence-corrected chi connectivity index (χ2v) is 4.71. The Morgan fingerprint density at radius 3 is 2.57 bits per heavy atom. The highest BCUT2D eigenvalue weighted by molar-refractivity contribution is 6.18. The summed E-state index contributed by atoms with van der Waals surface area (Å²) in [6.45, 7) is -0.301. The summed E-state index contributed by atoms with van der Waals surface area (Å²) < 4.78 is 10.0. The van der Waals surface area contributed by atoms with Crippen LogP contribution < -0.4 is 5.32 Å². The fraction of sp³-hybridized carbons (Fsp3) is 0.900. The quantitative estimate of drug-likeness (QED) is 0.261. The maximum atomic E-state index is 11.6. The molecule has 122 valence electrons. The van der Waals surface area contributed by atoms with Crippen LogP contribution in [0.1, 0.15) is 0 Å². The van der Waals surface area contributed by atoms with E-state index in [1.807, 2.05) is 0 Å². The molecule has 21 heavy (non-hydrogen) atoms. The van der Waals surface area contributed by atoms with Gasteiger partial charge in [-0.15, -0.1) is 16.5 Å². The highest BCUT2D eigenvalue weighted by Crippen LogP contribution is 2.21. The molecule has 5 atom stereocenters. The Kier molecular flexibility index (Phi) is 7.22. The number of rotatable bonds is 6. The Labute approximate surface area is 125 Å². The molecule has 2 amide bonds. The van der Waals surface area contributed by atoms with Gasteiger partial charge in [0.2, 0.25) is 0 Å². The summed E-state index contributed by atoms with van der Waals surface area (Å²) in [7, 11) is 1.26. The largest absolute Gasteiger partial charge is 0.388 e. The number of alkyl halides is 1. The van der Waals surface area contributed by atoms with Crippen molar-refractivity contribution >= 4 is 17.6 Å². The predicted octanol–water partition coefficient (Wildman–Crippen LogP) is -1.63. The number of aliphatic hydroxyl groups excluding tert-OH is 3. The van der Waals surface area contributed by atoms with Gasteiger partial charge < -0.3 is 30.1 Å². The van der Waals surface area contributed by atoms with Crippen molar-refractivity contribution in [3.8, 4) is 0 Å². The maximum Gasteiger partial charge on any atom is 0.340 e. The number of ether oxygens (including phenoxy) is 2. The Balaban J connectivity index is 2.57. The third kappa shape index (κ3) is 4.46. The molecule has 0 aliphatic carbocycles. The van der Waals surface area contributed by atoms with Gasteiger partial charge in [-0.2, -0.15) is 5.01 Å². The summed E-state index contributed by atoms with van der Waals surface area (Å²) in [5.41, 5.74) is 0. The molecular weight excluding hydrogens is 310 g/mol. The number of hydrogen-bond donors (Lipinski definition) is 4. The molecule has 5 unspecified atom stereocenters. The third-order valence-electron chi connectivity index (χ3n) is 2.98. The Morgan fingerprint density at radius 1 is 1.38 bits per heavy atom.